The molecule has 3 rings (SSSR count). The van der Waals surface area contributed by atoms with E-state index in [9.17, 15) is 17.6 Å². The lowest BCUT2D eigenvalue weighted by molar-refractivity contribution is -0.137. The van der Waals surface area contributed by atoms with Crippen LogP contribution >= 0.6 is 11.8 Å². The molecule has 1 atom stereocenters. The quantitative estimate of drug-likeness (QED) is 0.300. The first-order valence-corrected chi connectivity index (χ1v) is 13.4. The Morgan fingerprint density at radius 1 is 1.27 bits per heavy atom. The third-order valence-corrected chi connectivity index (χ3v) is 8.52. The van der Waals surface area contributed by atoms with Crippen LogP contribution in [0, 0.1) is 0 Å². The van der Waals surface area contributed by atoms with Crippen LogP contribution in [0.4, 0.5) is 15.8 Å². The van der Waals surface area contributed by atoms with Crippen molar-refractivity contribution in [1.29, 1.82) is 0 Å². The number of methoxy groups -OCH3 is 1. The molecule has 9 heteroatoms. The van der Waals surface area contributed by atoms with Gasteiger partial charge in [-0.25, -0.2) is 13.2 Å². The lowest BCUT2D eigenvalue weighted by atomic mass is 10.1. The fourth-order valence-electron chi connectivity index (χ4n) is 3.91. The molecule has 1 aliphatic heterocycles. The average Bonchev–Trinajstić information content (AvgIpc) is 2.90. The summed E-state index contributed by atoms with van der Waals surface area (Å²) in [5.74, 6) is -2.20. The maximum atomic E-state index is 14.3. The lowest BCUT2D eigenvalue weighted by Gasteiger charge is -2.29. The molecular weight excluding hydrogens is 463 g/mol. The topological polar surface area (TPSA) is 66.9 Å². The van der Waals surface area contributed by atoms with Gasteiger partial charge in [0.05, 0.1) is 12.8 Å². The number of hydrogen-bond donors (Lipinski definition) is 0. The summed E-state index contributed by atoms with van der Waals surface area (Å²) < 4.78 is 47.6. The molecule has 0 aliphatic carbocycles. The molecule has 0 aromatic heterocycles. The fourth-order valence-corrected chi connectivity index (χ4v) is 6.07. The van der Waals surface area contributed by atoms with E-state index >= 15 is 0 Å². The number of unbranched alkanes of at least 4 members (excludes halogenated alkanes) is 1. The summed E-state index contributed by atoms with van der Waals surface area (Å²) in [6.45, 7) is 2.57. The molecule has 0 amide bonds. The van der Waals surface area contributed by atoms with E-state index in [2.05, 4.69) is 11.7 Å². The molecule has 0 fully saturated rings. The van der Waals surface area contributed by atoms with Crippen molar-refractivity contribution < 1.29 is 22.3 Å². The summed E-state index contributed by atoms with van der Waals surface area (Å²) in [7, 11) is -1.18. The van der Waals surface area contributed by atoms with Crippen molar-refractivity contribution in [3.05, 3.63) is 53.9 Å². The third kappa shape index (κ3) is 5.26. The number of ether oxygens (including phenoxy) is 1. The van der Waals surface area contributed by atoms with E-state index in [0.29, 0.717) is 22.7 Å². The molecule has 0 radical (unpaired) electrons. The van der Waals surface area contributed by atoms with Gasteiger partial charge < -0.3 is 9.64 Å². The van der Waals surface area contributed by atoms with Gasteiger partial charge >= 0.3 is 5.97 Å². The number of sulfonamides is 1. The van der Waals surface area contributed by atoms with E-state index in [4.69, 9.17) is 0 Å². The van der Waals surface area contributed by atoms with Crippen LogP contribution in [-0.4, -0.2) is 51.7 Å². The second kappa shape index (κ2) is 10.7. The first-order chi connectivity index (χ1) is 15.7. The van der Waals surface area contributed by atoms with Gasteiger partial charge in [-0.3, -0.25) is 0 Å². The van der Waals surface area contributed by atoms with Crippen LogP contribution in [0.15, 0.2) is 58.1 Å². The van der Waals surface area contributed by atoms with Gasteiger partial charge in [0, 0.05) is 30.2 Å². The van der Waals surface area contributed by atoms with Gasteiger partial charge in [0.25, 0.3) is 0 Å². The molecule has 0 spiro atoms. The Labute approximate surface area is 199 Å². The first-order valence-electron chi connectivity index (χ1n) is 10.7. The monoisotopic (exact) mass is 492 g/mol. The Balaban J connectivity index is 2.27. The normalized spacial score (nSPS) is 18.5. The molecule has 1 heterocycles. The highest BCUT2D eigenvalue weighted by Crippen LogP contribution is 2.41. The van der Waals surface area contributed by atoms with Crippen molar-refractivity contribution in [2.24, 2.45) is 0 Å². The number of nitrogens with zero attached hydrogens (tertiary/aromatic N) is 2. The van der Waals surface area contributed by atoms with Crippen molar-refractivity contribution >= 4 is 45.2 Å². The second-order valence-corrected chi connectivity index (χ2v) is 10.6. The minimum atomic E-state index is -3.87. The van der Waals surface area contributed by atoms with Crippen molar-refractivity contribution in [2.45, 2.75) is 42.0 Å². The SMILES string of the molecule is CCCCC1CN(c2ccccc2)c2cc(SC)c(C=C(F)C(=O)OC)cc2S(=O)(=O)N1C. The predicted molar refractivity (Wildman–Crippen MR) is 131 cm³/mol. The van der Waals surface area contributed by atoms with Gasteiger partial charge in [0.15, 0.2) is 0 Å². The number of para-hydroxylation sites is 1. The first kappa shape index (κ1) is 25.3. The number of carbonyl (C=O) groups excluding carboxylic acids is 1. The molecule has 2 aromatic carbocycles. The van der Waals surface area contributed by atoms with Gasteiger partial charge in [-0.1, -0.05) is 38.0 Å². The molecule has 0 bridgehead atoms. The van der Waals surface area contributed by atoms with E-state index in [0.717, 1.165) is 38.1 Å². The van der Waals surface area contributed by atoms with Gasteiger partial charge in [0.2, 0.25) is 15.9 Å². The minimum Gasteiger partial charge on any atom is -0.464 e. The third-order valence-electron chi connectivity index (χ3n) is 5.79. The Bertz CT molecular complexity index is 1140. The molecule has 0 saturated heterocycles. The number of likely N-dealkylation sites (N-methyl/N-ethyl adjacent to an activating group) is 1. The summed E-state index contributed by atoms with van der Waals surface area (Å²) in [6.07, 6.45) is 5.44. The number of esters is 1. The highest BCUT2D eigenvalue weighted by atomic mass is 32.2. The lowest BCUT2D eigenvalue weighted by Crippen LogP contribution is -2.40. The van der Waals surface area contributed by atoms with Crippen LogP contribution in [0.1, 0.15) is 31.7 Å². The van der Waals surface area contributed by atoms with Gasteiger partial charge in [0.1, 0.15) is 4.90 Å². The van der Waals surface area contributed by atoms with E-state index in [1.54, 1.807) is 13.1 Å². The number of halogens is 1. The van der Waals surface area contributed by atoms with Crippen LogP contribution in [0.2, 0.25) is 0 Å². The van der Waals surface area contributed by atoms with Crippen LogP contribution in [0.3, 0.4) is 0 Å². The molecule has 0 saturated carbocycles. The molecule has 6 nitrogen and oxygen atoms in total. The average molecular weight is 493 g/mol. The van der Waals surface area contributed by atoms with Crippen LogP contribution in [0.25, 0.3) is 6.08 Å². The number of carbonyl (C=O) groups is 1. The Hall–Kier alpha value is -2.36. The standard InChI is InChI=1S/C24H29FN2O4S2/c1-5-6-10-19-16-27(18-11-8-7-9-12-18)21-15-22(32-4)17(13-20(25)24(28)31-3)14-23(21)33(29,30)26(19)2/h7-9,11-15,19H,5-6,10,16H2,1-4H3. The van der Waals surface area contributed by atoms with Crippen molar-refractivity contribution in [2.75, 3.05) is 31.9 Å². The highest BCUT2D eigenvalue weighted by Gasteiger charge is 2.37. The number of fused-ring (bicyclic) bond motifs is 1. The van der Waals surface area contributed by atoms with Crippen LogP contribution < -0.4 is 4.90 Å². The smallest absolute Gasteiger partial charge is 0.366 e. The Kier molecular flexibility index (Phi) is 8.20. The summed E-state index contributed by atoms with van der Waals surface area (Å²) in [6, 6.07) is 12.6. The van der Waals surface area contributed by atoms with Crippen LogP contribution in [-0.2, 0) is 19.6 Å². The van der Waals surface area contributed by atoms with Gasteiger partial charge in [-0.2, -0.15) is 8.70 Å². The van der Waals surface area contributed by atoms with E-state index in [1.807, 2.05) is 41.5 Å². The van der Waals surface area contributed by atoms with Crippen LogP contribution in [0.5, 0.6) is 0 Å². The molecule has 178 valence electrons. The van der Waals surface area contributed by atoms with Crippen molar-refractivity contribution in [1.82, 2.24) is 4.31 Å². The number of hydrogen-bond acceptors (Lipinski definition) is 6. The largest absolute Gasteiger partial charge is 0.464 e. The van der Waals surface area contributed by atoms with Crippen molar-refractivity contribution in [3.63, 3.8) is 0 Å². The molecule has 2 aromatic rings. The molecule has 33 heavy (non-hydrogen) atoms. The number of thioether (sulfide) groups is 1. The molecule has 1 unspecified atom stereocenters. The maximum absolute atomic E-state index is 14.3. The fraction of sp³-hybridized carbons (Fsp3) is 0.375. The zero-order valence-electron chi connectivity index (χ0n) is 19.2. The van der Waals surface area contributed by atoms with Gasteiger partial charge in [-0.05, 0) is 48.6 Å². The predicted octanol–water partition coefficient (Wildman–Crippen LogP) is 5.22. The Morgan fingerprint density at radius 3 is 2.58 bits per heavy atom. The summed E-state index contributed by atoms with van der Waals surface area (Å²) in [4.78, 5) is 14.4. The number of rotatable bonds is 7. The zero-order chi connectivity index (χ0) is 24.2. The van der Waals surface area contributed by atoms with E-state index < -0.39 is 21.8 Å². The van der Waals surface area contributed by atoms with Gasteiger partial charge in [-0.15, -0.1) is 11.8 Å². The summed E-state index contributed by atoms with van der Waals surface area (Å²) in [5, 5.41) is 0. The van der Waals surface area contributed by atoms with E-state index in [1.165, 1.54) is 22.1 Å². The number of anilines is 2. The van der Waals surface area contributed by atoms with E-state index in [-0.39, 0.29) is 10.9 Å². The minimum absolute atomic E-state index is 0.0783. The Morgan fingerprint density at radius 2 is 1.97 bits per heavy atom. The number of benzene rings is 2. The molecule has 0 N–H and O–H groups in total. The summed E-state index contributed by atoms with van der Waals surface area (Å²) in [5.41, 5.74) is 1.72. The molecule has 1 aliphatic rings. The highest BCUT2D eigenvalue weighted by molar-refractivity contribution is 7.98. The van der Waals surface area contributed by atoms with Crippen molar-refractivity contribution in [3.8, 4) is 0 Å². The zero-order valence-corrected chi connectivity index (χ0v) is 20.9. The summed E-state index contributed by atoms with van der Waals surface area (Å²) >= 11 is 1.35. The molecular formula is C24H29FN2O4S2. The maximum Gasteiger partial charge on any atom is 0.366 e. The second-order valence-electron chi connectivity index (χ2n) is 7.81.